The first kappa shape index (κ1) is 20.4. The zero-order valence-corrected chi connectivity index (χ0v) is 16.4. The lowest BCUT2D eigenvalue weighted by atomic mass is 9.84. The van der Waals surface area contributed by atoms with Crippen LogP contribution in [0.3, 0.4) is 0 Å². The van der Waals surface area contributed by atoms with Gasteiger partial charge >= 0.3 is 0 Å². The Labute approximate surface area is 145 Å². The second kappa shape index (κ2) is 9.58. The smallest absolute Gasteiger partial charge is 0.130 e. The summed E-state index contributed by atoms with van der Waals surface area (Å²) in [5.74, 6) is 1.76. The van der Waals surface area contributed by atoms with Crippen molar-refractivity contribution in [3.63, 3.8) is 0 Å². The van der Waals surface area contributed by atoms with Gasteiger partial charge in [0.1, 0.15) is 17.3 Å². The minimum atomic E-state index is -0.810. The number of hydrogen-bond acceptors (Lipinski definition) is 2. The molecule has 0 saturated heterocycles. The van der Waals surface area contributed by atoms with E-state index in [9.17, 15) is 9.66 Å². The number of rotatable bonds is 9. The van der Waals surface area contributed by atoms with E-state index >= 15 is 0 Å². The molecule has 1 aromatic carbocycles. The van der Waals surface area contributed by atoms with Crippen molar-refractivity contribution in [2.24, 2.45) is 0 Å². The van der Waals surface area contributed by atoms with Gasteiger partial charge in [-0.25, -0.2) is 0 Å². The van der Waals surface area contributed by atoms with E-state index in [1.54, 1.807) is 0 Å². The van der Waals surface area contributed by atoms with Crippen LogP contribution in [-0.4, -0.2) is 15.4 Å². The van der Waals surface area contributed by atoms with Crippen LogP contribution in [0.2, 0.25) is 0 Å². The molecule has 1 rings (SSSR count). The van der Waals surface area contributed by atoms with Crippen LogP contribution in [0.4, 0.5) is 0 Å². The second-order valence-electron chi connectivity index (χ2n) is 7.61. The van der Waals surface area contributed by atoms with Gasteiger partial charge in [0.25, 0.3) is 0 Å². The van der Waals surface area contributed by atoms with Crippen molar-refractivity contribution < 1.29 is 9.66 Å². The highest BCUT2D eigenvalue weighted by molar-refractivity contribution is 7.90. The van der Waals surface area contributed by atoms with Gasteiger partial charge in [-0.05, 0) is 59.6 Å². The normalized spacial score (nSPS) is 13.3. The summed E-state index contributed by atoms with van der Waals surface area (Å²) in [5.41, 5.74) is 2.80. The fraction of sp³-hybridized carbons (Fsp3) is 0.700. The standard InChI is InChI=1S/C20H34O2S/c1-6-7-8-9-10-11-12-23(22)15-17-13-16(2)19(21)18(14-17)20(3,4)5/h13-14,21H,6-12,15H2,1-5H3. The molecule has 0 heterocycles. The maximum absolute atomic E-state index is 12.3. The molecule has 1 atom stereocenters. The second-order valence-corrected chi connectivity index (χ2v) is 9.19. The number of phenols is 1. The third kappa shape index (κ3) is 7.17. The van der Waals surface area contributed by atoms with Crippen LogP contribution in [0.1, 0.15) is 82.9 Å². The minimum Gasteiger partial charge on any atom is -0.616 e. The number of aromatic hydroxyl groups is 1. The average molecular weight is 339 g/mol. The zero-order chi connectivity index (χ0) is 17.5. The SMILES string of the molecule is CCCCCCCC[S+]([O-])Cc1cc(C)c(O)c(C(C)(C)C)c1. The third-order valence-electron chi connectivity index (χ3n) is 4.22. The maximum atomic E-state index is 12.3. The molecule has 0 saturated carbocycles. The Morgan fingerprint density at radius 3 is 2.26 bits per heavy atom. The van der Waals surface area contributed by atoms with E-state index in [0.717, 1.165) is 28.9 Å². The van der Waals surface area contributed by atoms with E-state index in [2.05, 4.69) is 27.7 Å². The molecule has 1 N–H and O–H groups in total. The van der Waals surface area contributed by atoms with Crippen molar-refractivity contribution >= 4 is 11.2 Å². The van der Waals surface area contributed by atoms with Crippen molar-refractivity contribution in [3.8, 4) is 5.75 Å². The highest BCUT2D eigenvalue weighted by Crippen LogP contribution is 2.34. The Morgan fingerprint density at radius 2 is 1.65 bits per heavy atom. The largest absolute Gasteiger partial charge is 0.616 e. The van der Waals surface area contributed by atoms with Crippen LogP contribution in [0, 0.1) is 6.92 Å². The number of benzene rings is 1. The van der Waals surface area contributed by atoms with E-state index in [1.165, 1.54) is 32.1 Å². The highest BCUT2D eigenvalue weighted by atomic mass is 32.2. The Kier molecular flexibility index (Phi) is 8.49. The summed E-state index contributed by atoms with van der Waals surface area (Å²) in [5, 5.41) is 10.3. The zero-order valence-electron chi connectivity index (χ0n) is 15.6. The number of hydrogen-bond donors (Lipinski definition) is 1. The summed E-state index contributed by atoms with van der Waals surface area (Å²) in [4.78, 5) is 0. The summed E-state index contributed by atoms with van der Waals surface area (Å²) in [6.07, 6.45) is 7.38. The van der Waals surface area contributed by atoms with Gasteiger partial charge in [0.05, 0.1) is 0 Å². The first-order chi connectivity index (χ1) is 10.8. The molecule has 0 bridgehead atoms. The van der Waals surface area contributed by atoms with Gasteiger partial charge < -0.3 is 9.66 Å². The van der Waals surface area contributed by atoms with Gasteiger partial charge in [0.15, 0.2) is 0 Å². The third-order valence-corrected chi connectivity index (χ3v) is 5.62. The van der Waals surface area contributed by atoms with Crippen molar-refractivity contribution in [2.75, 3.05) is 5.75 Å². The van der Waals surface area contributed by atoms with E-state index in [4.69, 9.17) is 0 Å². The molecule has 1 aromatic rings. The molecule has 0 aliphatic heterocycles. The molecule has 132 valence electrons. The summed E-state index contributed by atoms with van der Waals surface area (Å²) < 4.78 is 12.3. The fourth-order valence-corrected chi connectivity index (χ4v) is 4.02. The Balaban J connectivity index is 2.55. The summed E-state index contributed by atoms with van der Waals surface area (Å²) in [6.45, 7) is 10.4. The number of aryl methyl sites for hydroxylation is 1. The van der Waals surface area contributed by atoms with Crippen LogP contribution in [0.5, 0.6) is 5.75 Å². The monoisotopic (exact) mass is 338 g/mol. The van der Waals surface area contributed by atoms with Crippen molar-refractivity contribution in [2.45, 2.75) is 84.3 Å². The minimum absolute atomic E-state index is 0.106. The van der Waals surface area contributed by atoms with Crippen molar-refractivity contribution in [1.82, 2.24) is 0 Å². The first-order valence-corrected chi connectivity index (χ1v) is 10.4. The lowest BCUT2D eigenvalue weighted by Gasteiger charge is -2.23. The van der Waals surface area contributed by atoms with Crippen LogP contribution in [0.25, 0.3) is 0 Å². The van der Waals surface area contributed by atoms with Crippen molar-refractivity contribution in [1.29, 1.82) is 0 Å². The van der Waals surface area contributed by atoms with Crippen LogP contribution in [0.15, 0.2) is 12.1 Å². The van der Waals surface area contributed by atoms with E-state index in [-0.39, 0.29) is 5.41 Å². The molecule has 0 amide bonds. The topological polar surface area (TPSA) is 43.3 Å². The Morgan fingerprint density at radius 1 is 1.04 bits per heavy atom. The van der Waals surface area contributed by atoms with Gasteiger partial charge in [0, 0.05) is 5.56 Å². The summed E-state index contributed by atoms with van der Waals surface area (Å²) in [6, 6.07) is 4.01. The van der Waals surface area contributed by atoms with Crippen LogP contribution in [-0.2, 0) is 22.3 Å². The molecule has 0 fully saturated rings. The first-order valence-electron chi connectivity index (χ1n) is 8.93. The number of phenolic OH excluding ortho intramolecular Hbond substituents is 1. The maximum Gasteiger partial charge on any atom is 0.130 e. The fourth-order valence-electron chi connectivity index (χ4n) is 2.81. The van der Waals surface area contributed by atoms with Crippen molar-refractivity contribution in [3.05, 3.63) is 28.8 Å². The molecule has 2 nitrogen and oxygen atoms in total. The molecule has 0 spiro atoms. The Hall–Kier alpha value is -0.670. The summed E-state index contributed by atoms with van der Waals surface area (Å²) >= 11 is -0.810. The molecule has 0 aromatic heterocycles. The van der Waals surface area contributed by atoms with Gasteiger partial charge in [-0.15, -0.1) is 0 Å². The van der Waals surface area contributed by atoms with Gasteiger partial charge in [-0.3, -0.25) is 0 Å². The average Bonchev–Trinajstić information content (AvgIpc) is 2.45. The van der Waals surface area contributed by atoms with Crippen LogP contribution < -0.4 is 0 Å². The quantitative estimate of drug-likeness (QED) is 0.470. The van der Waals surface area contributed by atoms with E-state index in [1.807, 2.05) is 19.1 Å². The predicted molar refractivity (Wildman–Crippen MR) is 102 cm³/mol. The predicted octanol–water partition coefficient (Wildman–Crippen LogP) is 5.61. The molecule has 0 radical (unpaired) electrons. The molecule has 23 heavy (non-hydrogen) atoms. The lowest BCUT2D eigenvalue weighted by molar-refractivity contribution is 0.442. The van der Waals surface area contributed by atoms with Gasteiger partial charge in [-0.2, -0.15) is 0 Å². The van der Waals surface area contributed by atoms with Gasteiger partial charge in [-0.1, -0.05) is 53.4 Å². The molecule has 0 aliphatic carbocycles. The van der Waals surface area contributed by atoms with Crippen LogP contribution >= 0.6 is 0 Å². The highest BCUT2D eigenvalue weighted by Gasteiger charge is 2.21. The summed E-state index contributed by atoms with van der Waals surface area (Å²) in [7, 11) is 0. The van der Waals surface area contributed by atoms with Gasteiger partial charge in [0.2, 0.25) is 0 Å². The lowest BCUT2D eigenvalue weighted by Crippen LogP contribution is -2.14. The molecular weight excluding hydrogens is 304 g/mol. The molecule has 3 heteroatoms. The van der Waals surface area contributed by atoms with E-state index < -0.39 is 11.2 Å². The van der Waals surface area contributed by atoms with E-state index in [0.29, 0.717) is 11.5 Å². The molecule has 1 unspecified atom stereocenters. The molecular formula is C20H34O2S. The Bertz CT molecular complexity index is 477. The number of unbranched alkanes of at least 4 members (excludes halogenated alkanes) is 5. The molecule has 0 aliphatic rings.